The van der Waals surface area contributed by atoms with Crippen LogP contribution in [0.2, 0.25) is 0 Å². The number of hydrogen-bond acceptors (Lipinski definition) is 3. The van der Waals surface area contributed by atoms with E-state index in [0.29, 0.717) is 0 Å². The van der Waals surface area contributed by atoms with Gasteiger partial charge in [-0.15, -0.1) is 0 Å². The van der Waals surface area contributed by atoms with E-state index in [2.05, 4.69) is 6.92 Å². The number of nitrogens with two attached hydrogens (primary N) is 1. The van der Waals surface area contributed by atoms with Crippen LogP contribution in [0, 0.1) is 12.8 Å². The van der Waals surface area contributed by atoms with Gasteiger partial charge >= 0.3 is 0 Å². The van der Waals surface area contributed by atoms with E-state index in [1.54, 1.807) is 7.11 Å². The molecular weight excluding hydrogens is 274 g/mol. The lowest BCUT2D eigenvalue weighted by Gasteiger charge is -2.26. The molecule has 2 aromatic rings. The summed E-state index contributed by atoms with van der Waals surface area (Å²) < 4.78 is 5.38. The number of para-hydroxylation sites is 1. The number of aryl methyl sites for hydroxylation is 1. The van der Waals surface area contributed by atoms with Crippen molar-refractivity contribution in [3.05, 3.63) is 65.2 Å². The Labute approximate surface area is 132 Å². The summed E-state index contributed by atoms with van der Waals surface area (Å²) in [5.74, 6) is 0.999. The van der Waals surface area contributed by atoms with Crippen molar-refractivity contribution in [3.63, 3.8) is 0 Å². The normalized spacial score (nSPS) is 15.1. The highest BCUT2D eigenvalue weighted by molar-refractivity contribution is 5.33. The zero-order valence-electron chi connectivity index (χ0n) is 13.5. The third-order valence-electron chi connectivity index (χ3n) is 4.17. The van der Waals surface area contributed by atoms with Crippen LogP contribution < -0.4 is 10.5 Å². The minimum atomic E-state index is -0.662. The molecule has 118 valence electrons. The Morgan fingerprint density at radius 1 is 1.09 bits per heavy atom. The van der Waals surface area contributed by atoms with E-state index < -0.39 is 6.10 Å². The summed E-state index contributed by atoms with van der Waals surface area (Å²) in [5, 5.41) is 10.5. The summed E-state index contributed by atoms with van der Waals surface area (Å²) in [7, 11) is 1.67. The average molecular weight is 299 g/mol. The van der Waals surface area contributed by atoms with Gasteiger partial charge in [0.25, 0.3) is 0 Å². The van der Waals surface area contributed by atoms with Crippen molar-refractivity contribution in [2.24, 2.45) is 11.7 Å². The van der Waals surface area contributed by atoms with Crippen LogP contribution in [0.15, 0.2) is 48.5 Å². The monoisotopic (exact) mass is 299 g/mol. The van der Waals surface area contributed by atoms with Gasteiger partial charge in [-0.3, -0.25) is 0 Å². The van der Waals surface area contributed by atoms with Crippen molar-refractivity contribution >= 4 is 0 Å². The van der Waals surface area contributed by atoms with Gasteiger partial charge in [0, 0.05) is 6.04 Å². The average Bonchev–Trinajstić information content (AvgIpc) is 2.54. The van der Waals surface area contributed by atoms with Crippen LogP contribution in [-0.4, -0.2) is 18.3 Å². The molecule has 0 aromatic heterocycles. The molecule has 3 heteroatoms. The smallest absolute Gasteiger partial charge is 0.122 e. The standard InChI is InChI=1S/C19H25NO2/c1-13-8-10-15(11-9-13)19(21)18(20)14(2)12-16-6-4-5-7-17(16)22-3/h4-11,14,18-19,21H,12,20H2,1-3H3/t14?,18-,19-/m1/s1. The molecule has 3 atom stereocenters. The van der Waals surface area contributed by atoms with Crippen LogP contribution in [0.4, 0.5) is 0 Å². The number of aliphatic hydroxyl groups is 1. The van der Waals surface area contributed by atoms with Gasteiger partial charge in [0.05, 0.1) is 13.2 Å². The first-order chi connectivity index (χ1) is 10.5. The Kier molecular flexibility index (Phi) is 5.58. The number of rotatable bonds is 6. The van der Waals surface area contributed by atoms with E-state index >= 15 is 0 Å². The number of aliphatic hydroxyl groups excluding tert-OH is 1. The number of hydrogen-bond donors (Lipinski definition) is 2. The third kappa shape index (κ3) is 3.87. The molecule has 3 nitrogen and oxygen atoms in total. The van der Waals surface area contributed by atoms with E-state index in [9.17, 15) is 5.11 Å². The lowest BCUT2D eigenvalue weighted by molar-refractivity contribution is 0.121. The Bertz CT molecular complexity index is 595. The van der Waals surface area contributed by atoms with Gasteiger partial charge in [0.15, 0.2) is 0 Å². The summed E-state index contributed by atoms with van der Waals surface area (Å²) in [6, 6.07) is 15.5. The molecule has 1 unspecified atom stereocenters. The zero-order chi connectivity index (χ0) is 16.1. The van der Waals surface area contributed by atoms with Crippen molar-refractivity contribution in [1.29, 1.82) is 0 Å². The van der Waals surface area contributed by atoms with Crippen LogP contribution in [0.1, 0.15) is 29.7 Å². The molecule has 0 aliphatic rings. The molecule has 3 N–H and O–H groups in total. The van der Waals surface area contributed by atoms with Crippen molar-refractivity contribution < 1.29 is 9.84 Å². The molecule has 0 saturated carbocycles. The lowest BCUT2D eigenvalue weighted by Crippen LogP contribution is -2.36. The summed E-state index contributed by atoms with van der Waals surface area (Å²) in [5.41, 5.74) is 9.43. The molecule has 0 radical (unpaired) electrons. The molecule has 0 spiro atoms. The van der Waals surface area contributed by atoms with E-state index in [0.717, 1.165) is 23.3 Å². The van der Waals surface area contributed by atoms with Gasteiger partial charge in [0.1, 0.15) is 5.75 Å². The topological polar surface area (TPSA) is 55.5 Å². The second-order valence-corrected chi connectivity index (χ2v) is 5.93. The Hall–Kier alpha value is -1.84. The maximum atomic E-state index is 10.5. The molecule has 0 saturated heterocycles. The molecule has 0 fully saturated rings. The van der Waals surface area contributed by atoms with Crippen molar-refractivity contribution in [1.82, 2.24) is 0 Å². The van der Waals surface area contributed by atoms with Crippen LogP contribution in [0.25, 0.3) is 0 Å². The fourth-order valence-corrected chi connectivity index (χ4v) is 2.65. The summed E-state index contributed by atoms with van der Waals surface area (Å²) in [6.45, 7) is 4.09. The van der Waals surface area contributed by atoms with E-state index in [1.807, 2.05) is 55.5 Å². The van der Waals surface area contributed by atoms with Gasteiger partial charge in [0.2, 0.25) is 0 Å². The number of ether oxygens (including phenoxy) is 1. The van der Waals surface area contributed by atoms with Crippen LogP contribution >= 0.6 is 0 Å². The molecule has 2 rings (SSSR count). The van der Waals surface area contributed by atoms with Gasteiger partial charge in [-0.05, 0) is 36.5 Å². The second kappa shape index (κ2) is 7.43. The zero-order valence-corrected chi connectivity index (χ0v) is 13.5. The van der Waals surface area contributed by atoms with Gasteiger partial charge < -0.3 is 15.6 Å². The number of methoxy groups -OCH3 is 1. The first-order valence-electron chi connectivity index (χ1n) is 7.65. The van der Waals surface area contributed by atoms with E-state index in [4.69, 9.17) is 10.5 Å². The van der Waals surface area contributed by atoms with E-state index in [-0.39, 0.29) is 12.0 Å². The Morgan fingerprint density at radius 3 is 2.36 bits per heavy atom. The van der Waals surface area contributed by atoms with Gasteiger partial charge in [-0.25, -0.2) is 0 Å². The quantitative estimate of drug-likeness (QED) is 0.861. The SMILES string of the molecule is COc1ccccc1CC(C)[C@@H](N)[C@H](O)c1ccc(C)cc1. The summed E-state index contributed by atoms with van der Waals surface area (Å²) >= 11 is 0. The first kappa shape index (κ1) is 16.5. The first-order valence-corrected chi connectivity index (χ1v) is 7.65. The fraction of sp³-hybridized carbons (Fsp3) is 0.368. The molecule has 0 bridgehead atoms. The van der Waals surface area contributed by atoms with Crippen molar-refractivity contribution in [2.45, 2.75) is 32.4 Å². The largest absolute Gasteiger partial charge is 0.496 e. The molecule has 22 heavy (non-hydrogen) atoms. The highest BCUT2D eigenvalue weighted by Gasteiger charge is 2.23. The molecule has 0 aliphatic carbocycles. The van der Waals surface area contributed by atoms with Crippen molar-refractivity contribution in [3.8, 4) is 5.75 Å². The molecule has 0 aliphatic heterocycles. The second-order valence-electron chi connectivity index (χ2n) is 5.93. The Morgan fingerprint density at radius 2 is 1.73 bits per heavy atom. The van der Waals surface area contributed by atoms with E-state index in [1.165, 1.54) is 5.56 Å². The summed E-state index contributed by atoms with van der Waals surface area (Å²) in [4.78, 5) is 0. The summed E-state index contributed by atoms with van der Waals surface area (Å²) in [6.07, 6.45) is 0.110. The molecule has 0 amide bonds. The lowest BCUT2D eigenvalue weighted by atomic mass is 9.88. The fourth-order valence-electron chi connectivity index (χ4n) is 2.65. The van der Waals surface area contributed by atoms with Gasteiger partial charge in [-0.1, -0.05) is 55.0 Å². The third-order valence-corrected chi connectivity index (χ3v) is 4.17. The molecule has 0 heterocycles. The highest BCUT2D eigenvalue weighted by Crippen LogP contribution is 2.26. The maximum Gasteiger partial charge on any atom is 0.122 e. The van der Waals surface area contributed by atoms with Crippen LogP contribution in [0.3, 0.4) is 0 Å². The van der Waals surface area contributed by atoms with Crippen molar-refractivity contribution in [2.75, 3.05) is 7.11 Å². The molecule has 2 aromatic carbocycles. The minimum absolute atomic E-state index is 0.132. The number of benzene rings is 2. The highest BCUT2D eigenvalue weighted by atomic mass is 16.5. The predicted molar refractivity (Wildman–Crippen MR) is 90.0 cm³/mol. The van der Waals surface area contributed by atoms with Gasteiger partial charge in [-0.2, -0.15) is 0 Å². The van der Waals surface area contributed by atoms with Crippen LogP contribution in [-0.2, 0) is 6.42 Å². The minimum Gasteiger partial charge on any atom is -0.496 e. The van der Waals surface area contributed by atoms with Crippen LogP contribution in [0.5, 0.6) is 5.75 Å². The maximum absolute atomic E-state index is 10.5. The Balaban J connectivity index is 2.08. The predicted octanol–water partition coefficient (Wildman–Crippen LogP) is 3.24. The molecular formula is C19H25NO2.